The summed E-state index contributed by atoms with van der Waals surface area (Å²) in [6.45, 7) is -0.00948. The van der Waals surface area contributed by atoms with Gasteiger partial charge in [0.15, 0.2) is 6.61 Å². The molecule has 3 aromatic rings. The van der Waals surface area contributed by atoms with E-state index in [1.165, 1.54) is 17.7 Å². The van der Waals surface area contributed by atoms with Crippen LogP contribution in [0, 0.1) is 5.92 Å². The minimum Gasteiger partial charge on any atom is -0.482 e. The second-order valence-corrected chi connectivity index (χ2v) is 11.0. The summed E-state index contributed by atoms with van der Waals surface area (Å²) >= 11 is 0. The maximum Gasteiger partial charge on any atom is 0.319 e. The molecule has 0 bridgehead atoms. The lowest BCUT2D eigenvalue weighted by Crippen LogP contribution is -2.43. The summed E-state index contributed by atoms with van der Waals surface area (Å²) < 4.78 is 6.00. The fraction of sp³-hybridized carbons (Fsp3) is 0.353. The number of hydrogen-bond donors (Lipinski definition) is 3. The third-order valence-corrected chi connectivity index (χ3v) is 7.68. The third kappa shape index (κ3) is 9.58. The molecule has 4 rings (SSSR count). The molecular weight excluding hydrogens is 560 g/mol. The van der Waals surface area contributed by atoms with Crippen LogP contribution in [0.15, 0.2) is 78.9 Å². The number of hydrogen-bond acceptors (Lipinski definition) is 5. The van der Waals surface area contributed by atoms with Crippen molar-refractivity contribution in [2.75, 3.05) is 41.9 Å². The average molecular weight is 601 g/mol. The fourth-order valence-electron chi connectivity index (χ4n) is 5.33. The van der Waals surface area contributed by atoms with Gasteiger partial charge < -0.3 is 30.3 Å². The van der Waals surface area contributed by atoms with Crippen LogP contribution in [0.2, 0.25) is 0 Å². The number of carbonyl (C=O) groups excluding carboxylic acids is 3. The van der Waals surface area contributed by atoms with Gasteiger partial charge in [0, 0.05) is 25.0 Å². The quantitative estimate of drug-likeness (QED) is 0.236. The van der Waals surface area contributed by atoms with E-state index in [9.17, 15) is 19.2 Å². The van der Waals surface area contributed by atoms with Gasteiger partial charge in [-0.05, 0) is 60.7 Å². The Kier molecular flexibility index (Phi) is 11.7. The first-order chi connectivity index (χ1) is 21.3. The summed E-state index contributed by atoms with van der Waals surface area (Å²) in [4.78, 5) is 53.5. The monoisotopic (exact) mass is 600 g/mol. The molecule has 1 fully saturated rings. The molecule has 0 heterocycles. The normalized spacial score (nSPS) is 13.3. The van der Waals surface area contributed by atoms with Crippen LogP contribution >= 0.6 is 0 Å². The van der Waals surface area contributed by atoms with Crippen molar-refractivity contribution in [3.05, 3.63) is 84.4 Å². The van der Waals surface area contributed by atoms with Crippen LogP contribution in [0.5, 0.6) is 5.75 Å². The Morgan fingerprint density at radius 2 is 1.57 bits per heavy atom. The Bertz CT molecular complexity index is 1420. The molecule has 10 nitrogen and oxygen atoms in total. The highest BCUT2D eigenvalue weighted by molar-refractivity contribution is 5.99. The lowest BCUT2D eigenvalue weighted by Gasteiger charge is -2.29. The van der Waals surface area contributed by atoms with E-state index in [4.69, 9.17) is 9.84 Å². The molecule has 1 aliphatic rings. The SMILES string of the molecule is CN(C(=O)COc1ccccc1N(CC1CCCCCC1)C(=O)CNC(=O)Nc1cccc(CC(=O)O)c1)c1ccccc1. The maximum absolute atomic E-state index is 13.7. The molecule has 0 aromatic heterocycles. The second-order valence-electron chi connectivity index (χ2n) is 11.0. The molecule has 0 saturated heterocycles. The number of likely N-dealkylation sites (N-methyl/N-ethyl adjacent to an activating group) is 1. The average Bonchev–Trinajstić information content (AvgIpc) is 3.30. The molecule has 232 valence electrons. The predicted octanol–water partition coefficient (Wildman–Crippen LogP) is 5.48. The van der Waals surface area contributed by atoms with Crippen molar-refractivity contribution in [2.45, 2.75) is 44.9 Å². The van der Waals surface area contributed by atoms with Crippen LogP contribution in [0.1, 0.15) is 44.1 Å². The van der Waals surface area contributed by atoms with Crippen LogP contribution in [-0.4, -0.2) is 55.7 Å². The van der Waals surface area contributed by atoms with Crippen LogP contribution in [0.3, 0.4) is 0 Å². The van der Waals surface area contributed by atoms with Crippen molar-refractivity contribution < 1.29 is 29.0 Å². The summed E-state index contributed by atoms with van der Waals surface area (Å²) in [5.41, 5.74) is 2.26. The number of para-hydroxylation sites is 3. The number of benzene rings is 3. The van der Waals surface area contributed by atoms with Crippen molar-refractivity contribution in [3.63, 3.8) is 0 Å². The highest BCUT2D eigenvalue weighted by atomic mass is 16.5. The minimum atomic E-state index is -0.970. The Balaban J connectivity index is 1.46. The number of rotatable bonds is 12. The smallest absolute Gasteiger partial charge is 0.319 e. The summed E-state index contributed by atoms with van der Waals surface area (Å²) in [6, 6.07) is 22.4. The minimum absolute atomic E-state index is 0.165. The van der Waals surface area contributed by atoms with Gasteiger partial charge in [-0.2, -0.15) is 0 Å². The number of aliphatic carboxylic acids is 1. The van der Waals surface area contributed by atoms with Crippen LogP contribution < -0.4 is 25.2 Å². The molecular formula is C34H40N4O6. The number of nitrogens with one attached hydrogen (secondary N) is 2. The Morgan fingerprint density at radius 3 is 2.30 bits per heavy atom. The molecule has 1 aliphatic carbocycles. The summed E-state index contributed by atoms with van der Waals surface area (Å²) in [6.07, 6.45) is 6.41. The molecule has 0 spiro atoms. The number of carboxylic acid groups (broad SMARTS) is 1. The first kappa shape index (κ1) is 32.1. The van der Waals surface area contributed by atoms with E-state index in [1.54, 1.807) is 54.4 Å². The van der Waals surface area contributed by atoms with Crippen molar-refractivity contribution in [3.8, 4) is 5.75 Å². The lowest BCUT2D eigenvalue weighted by molar-refractivity contribution is -0.136. The predicted molar refractivity (Wildman–Crippen MR) is 170 cm³/mol. The van der Waals surface area contributed by atoms with Gasteiger partial charge in [0.25, 0.3) is 5.91 Å². The van der Waals surface area contributed by atoms with Gasteiger partial charge in [0.1, 0.15) is 5.75 Å². The number of anilines is 3. The first-order valence-corrected chi connectivity index (χ1v) is 15.0. The highest BCUT2D eigenvalue weighted by Crippen LogP contribution is 2.32. The largest absolute Gasteiger partial charge is 0.482 e. The molecule has 0 radical (unpaired) electrons. The second kappa shape index (κ2) is 16.1. The number of nitrogens with zero attached hydrogens (tertiary/aromatic N) is 2. The number of carboxylic acids is 1. The number of ether oxygens (including phenoxy) is 1. The summed E-state index contributed by atoms with van der Waals surface area (Å²) in [5.74, 6) is -0.816. The topological polar surface area (TPSA) is 128 Å². The van der Waals surface area contributed by atoms with Gasteiger partial charge in [0.2, 0.25) is 5.91 Å². The van der Waals surface area contributed by atoms with Gasteiger partial charge in [-0.1, -0.05) is 68.1 Å². The van der Waals surface area contributed by atoms with Crippen LogP contribution in [0.4, 0.5) is 21.9 Å². The lowest BCUT2D eigenvalue weighted by atomic mass is 9.99. The van der Waals surface area contributed by atoms with E-state index in [0.29, 0.717) is 35.2 Å². The Labute approximate surface area is 258 Å². The van der Waals surface area contributed by atoms with Crippen molar-refractivity contribution >= 4 is 40.9 Å². The summed E-state index contributed by atoms with van der Waals surface area (Å²) in [5, 5.41) is 14.3. The third-order valence-electron chi connectivity index (χ3n) is 7.68. The van der Waals surface area contributed by atoms with Gasteiger partial charge in [-0.15, -0.1) is 0 Å². The van der Waals surface area contributed by atoms with Gasteiger partial charge in [0.05, 0.1) is 18.7 Å². The molecule has 0 aliphatic heterocycles. The molecule has 10 heteroatoms. The molecule has 3 aromatic carbocycles. The van der Waals surface area contributed by atoms with E-state index < -0.39 is 12.0 Å². The molecule has 0 atom stereocenters. The van der Waals surface area contributed by atoms with Gasteiger partial charge in [-0.25, -0.2) is 4.79 Å². The van der Waals surface area contributed by atoms with Crippen LogP contribution in [-0.2, 0) is 20.8 Å². The fourth-order valence-corrected chi connectivity index (χ4v) is 5.33. The van der Waals surface area contributed by atoms with Crippen molar-refractivity contribution in [1.82, 2.24) is 5.32 Å². The molecule has 44 heavy (non-hydrogen) atoms. The van der Waals surface area contributed by atoms with E-state index >= 15 is 0 Å². The zero-order chi connectivity index (χ0) is 31.3. The van der Waals surface area contributed by atoms with Crippen molar-refractivity contribution in [1.29, 1.82) is 0 Å². The van der Waals surface area contributed by atoms with E-state index in [0.717, 1.165) is 31.4 Å². The van der Waals surface area contributed by atoms with Crippen LogP contribution in [0.25, 0.3) is 0 Å². The Morgan fingerprint density at radius 1 is 0.864 bits per heavy atom. The van der Waals surface area contributed by atoms with Crippen molar-refractivity contribution in [2.24, 2.45) is 5.92 Å². The molecule has 1 saturated carbocycles. The maximum atomic E-state index is 13.7. The Hall–Kier alpha value is -4.86. The first-order valence-electron chi connectivity index (χ1n) is 15.0. The van der Waals surface area contributed by atoms with E-state index in [1.807, 2.05) is 36.4 Å². The molecule has 0 unspecified atom stereocenters. The number of amides is 4. The zero-order valence-electron chi connectivity index (χ0n) is 25.0. The zero-order valence-corrected chi connectivity index (χ0v) is 25.0. The van der Waals surface area contributed by atoms with E-state index in [-0.39, 0.29) is 31.4 Å². The van der Waals surface area contributed by atoms with E-state index in [2.05, 4.69) is 10.6 Å². The molecule has 4 amide bonds. The number of urea groups is 1. The standard InChI is InChI=1S/C34H40N4O6/c1-37(28-16-7-4-8-17-28)32(40)24-44-30-19-10-9-18-29(30)38(23-25-12-5-2-3-6-13-25)31(39)22-35-34(43)36-27-15-11-14-26(20-27)21-33(41)42/h4,7-11,14-20,25H,2-3,5-6,12-13,21-24H2,1H3,(H,41,42)(H2,35,36,43). The highest BCUT2D eigenvalue weighted by Gasteiger charge is 2.25. The van der Waals surface area contributed by atoms with Gasteiger partial charge >= 0.3 is 12.0 Å². The summed E-state index contributed by atoms with van der Waals surface area (Å²) in [7, 11) is 1.69. The van der Waals surface area contributed by atoms with Gasteiger partial charge in [-0.3, -0.25) is 14.4 Å². The molecule has 3 N–H and O–H groups in total. The number of carbonyl (C=O) groups is 4.